The van der Waals surface area contributed by atoms with Gasteiger partial charge in [-0.3, -0.25) is 0 Å². The minimum Gasteiger partial charge on any atom is -0.237 e. The number of halogens is 1. The highest BCUT2D eigenvalue weighted by atomic mass is 32.2. The van der Waals surface area contributed by atoms with E-state index in [4.69, 9.17) is 0 Å². The van der Waals surface area contributed by atoms with Crippen LogP contribution in [0.2, 0.25) is 0 Å². The number of fused-ring (bicyclic) bond motifs is 1. The van der Waals surface area contributed by atoms with Gasteiger partial charge in [-0.25, -0.2) is 27.0 Å². The maximum absolute atomic E-state index is 13.1. The molecule has 0 spiro atoms. The Balaban J connectivity index is 1.51. The zero-order valence-electron chi connectivity index (χ0n) is 13.8. The van der Waals surface area contributed by atoms with Gasteiger partial charge in [-0.15, -0.1) is 0 Å². The van der Waals surface area contributed by atoms with Crippen molar-refractivity contribution >= 4 is 15.7 Å². The number of hydrogen-bond donors (Lipinski definition) is 1. The lowest BCUT2D eigenvalue weighted by Gasteiger charge is -2.07. The molecule has 3 aromatic rings. The van der Waals surface area contributed by atoms with Crippen LogP contribution in [0.4, 0.5) is 4.39 Å². The fourth-order valence-electron chi connectivity index (χ4n) is 2.58. The van der Waals surface area contributed by atoms with Crippen LogP contribution >= 0.6 is 0 Å². The van der Waals surface area contributed by atoms with Crippen molar-refractivity contribution in [3.8, 4) is 0 Å². The summed E-state index contributed by atoms with van der Waals surface area (Å²) < 4.78 is 41.5. The summed E-state index contributed by atoms with van der Waals surface area (Å²) in [5.41, 5.74) is 3.10. The van der Waals surface area contributed by atoms with Crippen molar-refractivity contribution in [2.75, 3.05) is 6.54 Å². The SMILES string of the molecule is Cc1cc2ncc(CCCNS(=O)(=O)Cc3cccc(F)c3)cn2n1. The summed E-state index contributed by atoms with van der Waals surface area (Å²) in [4.78, 5) is 4.32. The largest absolute Gasteiger partial charge is 0.237 e. The number of aryl methyl sites for hydroxylation is 2. The molecule has 2 aromatic heterocycles. The fourth-order valence-corrected chi connectivity index (χ4v) is 3.76. The monoisotopic (exact) mass is 362 g/mol. The summed E-state index contributed by atoms with van der Waals surface area (Å²) in [6.45, 7) is 2.22. The molecule has 0 aliphatic carbocycles. The van der Waals surface area contributed by atoms with Crippen LogP contribution < -0.4 is 4.72 Å². The molecule has 8 heteroatoms. The van der Waals surface area contributed by atoms with Gasteiger partial charge >= 0.3 is 0 Å². The molecule has 132 valence electrons. The van der Waals surface area contributed by atoms with Crippen LogP contribution in [-0.4, -0.2) is 29.6 Å². The predicted octanol–water partition coefficient (Wildman–Crippen LogP) is 2.23. The van der Waals surface area contributed by atoms with Gasteiger partial charge in [0.1, 0.15) is 5.82 Å². The molecule has 0 atom stereocenters. The molecular formula is C17H19FN4O2S. The number of benzene rings is 1. The van der Waals surface area contributed by atoms with Crippen molar-refractivity contribution in [2.45, 2.75) is 25.5 Å². The molecule has 6 nitrogen and oxygen atoms in total. The summed E-state index contributed by atoms with van der Waals surface area (Å²) in [6.07, 6.45) is 4.99. The van der Waals surface area contributed by atoms with E-state index in [0.29, 0.717) is 24.9 Å². The lowest BCUT2D eigenvalue weighted by molar-refractivity contribution is 0.577. The first-order valence-corrected chi connectivity index (χ1v) is 9.59. The van der Waals surface area contributed by atoms with Crippen LogP contribution in [0.3, 0.4) is 0 Å². The van der Waals surface area contributed by atoms with Gasteiger partial charge in [0.25, 0.3) is 0 Å². The summed E-state index contributed by atoms with van der Waals surface area (Å²) in [5, 5.41) is 4.31. The third-order valence-corrected chi connectivity index (χ3v) is 5.06. The smallest absolute Gasteiger partial charge is 0.215 e. The molecule has 1 aromatic carbocycles. The van der Waals surface area contributed by atoms with E-state index in [2.05, 4.69) is 14.8 Å². The number of hydrogen-bond acceptors (Lipinski definition) is 4. The zero-order chi connectivity index (χ0) is 17.9. The van der Waals surface area contributed by atoms with Crippen molar-refractivity contribution < 1.29 is 12.8 Å². The summed E-state index contributed by atoms with van der Waals surface area (Å²) in [5.74, 6) is -0.672. The molecule has 2 heterocycles. The van der Waals surface area contributed by atoms with Crippen LogP contribution in [0.1, 0.15) is 23.2 Å². The third kappa shape index (κ3) is 4.83. The van der Waals surface area contributed by atoms with Crippen molar-refractivity contribution in [3.63, 3.8) is 0 Å². The minimum atomic E-state index is -3.49. The van der Waals surface area contributed by atoms with Crippen molar-refractivity contribution in [2.24, 2.45) is 0 Å². The Morgan fingerprint density at radius 1 is 1.24 bits per heavy atom. The van der Waals surface area contributed by atoms with Gasteiger partial charge in [0, 0.05) is 25.0 Å². The van der Waals surface area contributed by atoms with Gasteiger partial charge < -0.3 is 0 Å². The molecule has 0 fully saturated rings. The van der Waals surface area contributed by atoms with E-state index in [0.717, 1.165) is 16.9 Å². The van der Waals surface area contributed by atoms with Crippen molar-refractivity contribution in [1.29, 1.82) is 0 Å². The maximum Gasteiger partial charge on any atom is 0.215 e. The molecule has 25 heavy (non-hydrogen) atoms. The first-order chi connectivity index (χ1) is 11.9. The van der Waals surface area contributed by atoms with Gasteiger partial charge in [-0.05, 0) is 43.0 Å². The first-order valence-electron chi connectivity index (χ1n) is 7.94. The van der Waals surface area contributed by atoms with E-state index in [9.17, 15) is 12.8 Å². The molecule has 0 radical (unpaired) electrons. The van der Waals surface area contributed by atoms with E-state index in [1.807, 2.05) is 19.2 Å². The second-order valence-electron chi connectivity index (χ2n) is 5.94. The lowest BCUT2D eigenvalue weighted by Crippen LogP contribution is -2.26. The second kappa shape index (κ2) is 7.28. The molecule has 0 aliphatic rings. The number of nitrogens with zero attached hydrogens (tertiary/aromatic N) is 3. The Labute approximate surface area is 145 Å². The maximum atomic E-state index is 13.1. The zero-order valence-corrected chi connectivity index (χ0v) is 14.6. The molecule has 0 aliphatic heterocycles. The van der Waals surface area contributed by atoms with E-state index in [-0.39, 0.29) is 5.75 Å². The molecule has 0 saturated heterocycles. The quantitative estimate of drug-likeness (QED) is 0.654. The second-order valence-corrected chi connectivity index (χ2v) is 7.74. The van der Waals surface area contributed by atoms with E-state index in [1.54, 1.807) is 16.8 Å². The Bertz CT molecular complexity index is 985. The highest BCUT2D eigenvalue weighted by Gasteiger charge is 2.11. The first kappa shape index (κ1) is 17.5. The van der Waals surface area contributed by atoms with E-state index in [1.165, 1.54) is 18.2 Å². The van der Waals surface area contributed by atoms with Crippen LogP contribution in [0, 0.1) is 12.7 Å². The number of sulfonamides is 1. The summed E-state index contributed by atoms with van der Waals surface area (Å²) in [7, 11) is -3.49. The number of aromatic nitrogens is 3. The Morgan fingerprint density at radius 3 is 2.88 bits per heavy atom. The standard InChI is InChI=1S/C17H19FN4O2S/c1-13-8-17-19-10-15(11-22(17)21-13)5-3-7-20-25(23,24)12-14-4-2-6-16(18)9-14/h2,4,6,8-11,20H,3,5,7,12H2,1H3. The Kier molecular flexibility index (Phi) is 5.10. The average molecular weight is 362 g/mol. The fraction of sp³-hybridized carbons (Fsp3) is 0.294. The van der Waals surface area contributed by atoms with Gasteiger partial charge in [0.05, 0.1) is 11.4 Å². The third-order valence-electron chi connectivity index (χ3n) is 3.70. The lowest BCUT2D eigenvalue weighted by atomic mass is 10.2. The summed E-state index contributed by atoms with van der Waals surface area (Å²) in [6, 6.07) is 7.50. The predicted molar refractivity (Wildman–Crippen MR) is 93.1 cm³/mol. The normalized spacial score (nSPS) is 11.9. The molecule has 0 bridgehead atoms. The van der Waals surface area contributed by atoms with Crippen LogP contribution in [-0.2, 0) is 22.2 Å². The van der Waals surface area contributed by atoms with Crippen molar-refractivity contribution in [3.05, 3.63) is 65.4 Å². The van der Waals surface area contributed by atoms with Gasteiger partial charge in [0.15, 0.2) is 5.65 Å². The minimum absolute atomic E-state index is 0.231. The average Bonchev–Trinajstić information content (AvgIpc) is 2.90. The molecular weight excluding hydrogens is 343 g/mol. The van der Waals surface area contributed by atoms with E-state index >= 15 is 0 Å². The highest BCUT2D eigenvalue weighted by Crippen LogP contribution is 2.09. The Hall–Kier alpha value is -2.32. The topological polar surface area (TPSA) is 76.4 Å². The van der Waals surface area contributed by atoms with Crippen LogP contribution in [0.25, 0.3) is 5.65 Å². The van der Waals surface area contributed by atoms with Gasteiger partial charge in [-0.2, -0.15) is 5.10 Å². The van der Waals surface area contributed by atoms with Crippen LogP contribution in [0.5, 0.6) is 0 Å². The number of nitrogens with one attached hydrogen (secondary N) is 1. The molecule has 0 saturated carbocycles. The summed E-state index contributed by atoms with van der Waals surface area (Å²) >= 11 is 0. The van der Waals surface area contributed by atoms with Gasteiger partial charge in [-0.1, -0.05) is 12.1 Å². The van der Waals surface area contributed by atoms with E-state index < -0.39 is 15.8 Å². The molecule has 1 N–H and O–H groups in total. The van der Waals surface area contributed by atoms with Crippen LogP contribution in [0.15, 0.2) is 42.7 Å². The van der Waals surface area contributed by atoms with Crippen molar-refractivity contribution in [1.82, 2.24) is 19.3 Å². The Morgan fingerprint density at radius 2 is 2.08 bits per heavy atom. The van der Waals surface area contributed by atoms with Gasteiger partial charge in [0.2, 0.25) is 10.0 Å². The number of rotatable bonds is 7. The highest BCUT2D eigenvalue weighted by molar-refractivity contribution is 7.88. The molecule has 0 unspecified atom stereocenters. The molecule has 0 amide bonds. The molecule has 3 rings (SSSR count).